The fraction of sp³-hybridized carbons (Fsp3) is 0.412. The first-order chi connectivity index (χ1) is 11.9. The van der Waals surface area contributed by atoms with Crippen LogP contribution in [0.25, 0.3) is 5.69 Å². The van der Waals surface area contributed by atoms with Gasteiger partial charge in [0.25, 0.3) is 5.91 Å². The first-order valence-corrected chi connectivity index (χ1v) is 8.56. The molecule has 1 amide bonds. The fourth-order valence-electron chi connectivity index (χ4n) is 2.69. The molecule has 0 N–H and O–H groups in total. The number of carbonyl (C=O) groups excluding carboxylic acids is 1. The highest BCUT2D eigenvalue weighted by atomic mass is 35.5. The average Bonchev–Trinajstić information content (AvgIpc) is 2.94. The molecule has 0 aliphatic rings. The van der Waals surface area contributed by atoms with Crippen molar-refractivity contribution in [2.45, 2.75) is 39.4 Å². The third-order valence-corrected chi connectivity index (χ3v) is 4.61. The van der Waals surface area contributed by atoms with Crippen molar-refractivity contribution in [3.8, 4) is 5.69 Å². The highest BCUT2D eigenvalue weighted by molar-refractivity contribution is 6.43. The van der Waals surface area contributed by atoms with Crippen LogP contribution in [0.3, 0.4) is 0 Å². The summed E-state index contributed by atoms with van der Waals surface area (Å²) >= 11 is 12.0. The second kappa shape index (κ2) is 7.12. The third-order valence-electron chi connectivity index (χ3n) is 3.80. The molecular formula is C17H18Cl2F3N3O. The second-order valence-corrected chi connectivity index (χ2v) is 7.39. The Morgan fingerprint density at radius 3 is 2.35 bits per heavy atom. The Morgan fingerprint density at radius 1 is 1.23 bits per heavy atom. The van der Waals surface area contributed by atoms with E-state index in [1.807, 2.05) is 0 Å². The summed E-state index contributed by atoms with van der Waals surface area (Å²) in [7, 11) is 0. The van der Waals surface area contributed by atoms with Gasteiger partial charge in [0.2, 0.25) is 0 Å². The van der Waals surface area contributed by atoms with E-state index < -0.39 is 29.0 Å². The predicted molar refractivity (Wildman–Crippen MR) is 95.0 cm³/mol. The topological polar surface area (TPSA) is 38.1 Å². The fourth-order valence-corrected chi connectivity index (χ4v) is 3.07. The molecule has 2 aromatic rings. The lowest BCUT2D eigenvalue weighted by Crippen LogP contribution is -2.46. The number of benzene rings is 1. The van der Waals surface area contributed by atoms with Crippen molar-refractivity contribution in [2.24, 2.45) is 0 Å². The van der Waals surface area contributed by atoms with E-state index in [9.17, 15) is 18.0 Å². The minimum Gasteiger partial charge on any atom is -0.333 e. The first-order valence-electron chi connectivity index (χ1n) is 7.80. The first kappa shape index (κ1) is 20.6. The molecule has 1 heterocycles. The van der Waals surface area contributed by atoms with Gasteiger partial charge in [-0.05, 0) is 39.8 Å². The van der Waals surface area contributed by atoms with Crippen LogP contribution >= 0.6 is 23.2 Å². The molecule has 0 aliphatic carbocycles. The van der Waals surface area contributed by atoms with Gasteiger partial charge in [-0.1, -0.05) is 29.3 Å². The van der Waals surface area contributed by atoms with Crippen LogP contribution in [0.4, 0.5) is 13.2 Å². The molecule has 2 rings (SSSR count). The van der Waals surface area contributed by atoms with Gasteiger partial charge in [0.1, 0.15) is 6.33 Å². The van der Waals surface area contributed by atoms with E-state index >= 15 is 0 Å². The molecule has 0 bridgehead atoms. The molecule has 26 heavy (non-hydrogen) atoms. The maximum absolute atomic E-state index is 13.8. The lowest BCUT2D eigenvalue weighted by molar-refractivity contribution is -0.142. The molecule has 0 fully saturated rings. The summed E-state index contributed by atoms with van der Waals surface area (Å²) in [5.41, 5.74) is -2.52. The Bertz CT molecular complexity index is 826. The van der Waals surface area contributed by atoms with Crippen molar-refractivity contribution < 1.29 is 18.0 Å². The number of alkyl halides is 3. The number of carbonyl (C=O) groups is 1. The van der Waals surface area contributed by atoms with Gasteiger partial charge in [-0.15, -0.1) is 0 Å². The smallest absolute Gasteiger partial charge is 0.333 e. The molecular weight excluding hydrogens is 390 g/mol. The molecule has 0 spiro atoms. The van der Waals surface area contributed by atoms with Gasteiger partial charge < -0.3 is 4.90 Å². The van der Waals surface area contributed by atoms with Crippen LogP contribution in [-0.4, -0.2) is 32.4 Å². The Balaban J connectivity index is 2.70. The van der Waals surface area contributed by atoms with Crippen molar-refractivity contribution in [1.82, 2.24) is 14.5 Å². The summed E-state index contributed by atoms with van der Waals surface area (Å²) in [5.74, 6) is -0.802. The van der Waals surface area contributed by atoms with Crippen LogP contribution in [-0.2, 0) is 6.18 Å². The van der Waals surface area contributed by atoms with E-state index in [4.69, 9.17) is 23.2 Å². The van der Waals surface area contributed by atoms with Crippen molar-refractivity contribution in [3.63, 3.8) is 0 Å². The maximum atomic E-state index is 13.8. The minimum atomic E-state index is -4.82. The van der Waals surface area contributed by atoms with Crippen LogP contribution in [0.2, 0.25) is 10.0 Å². The van der Waals surface area contributed by atoms with E-state index in [1.54, 1.807) is 27.7 Å². The average molecular weight is 408 g/mol. The van der Waals surface area contributed by atoms with E-state index in [2.05, 4.69) is 4.98 Å². The largest absolute Gasteiger partial charge is 0.434 e. The van der Waals surface area contributed by atoms with Crippen LogP contribution in [0.15, 0.2) is 24.5 Å². The van der Waals surface area contributed by atoms with Crippen LogP contribution in [0.5, 0.6) is 0 Å². The maximum Gasteiger partial charge on any atom is 0.434 e. The normalized spacial score (nSPS) is 12.3. The third kappa shape index (κ3) is 3.83. The van der Waals surface area contributed by atoms with Crippen molar-refractivity contribution in [2.75, 3.05) is 6.54 Å². The van der Waals surface area contributed by atoms with Gasteiger partial charge in [0.15, 0.2) is 11.4 Å². The summed E-state index contributed by atoms with van der Waals surface area (Å²) in [5, 5.41) is 0.0444. The monoisotopic (exact) mass is 407 g/mol. The van der Waals surface area contributed by atoms with Gasteiger partial charge in [-0.3, -0.25) is 9.36 Å². The van der Waals surface area contributed by atoms with Crippen molar-refractivity contribution >= 4 is 29.1 Å². The second-order valence-electron chi connectivity index (χ2n) is 6.60. The van der Waals surface area contributed by atoms with E-state index in [0.29, 0.717) is 0 Å². The molecule has 9 heteroatoms. The zero-order valence-electron chi connectivity index (χ0n) is 14.7. The Morgan fingerprint density at radius 2 is 1.85 bits per heavy atom. The van der Waals surface area contributed by atoms with Crippen LogP contribution < -0.4 is 0 Å². The predicted octanol–water partition coefficient (Wildman–Crippen LogP) is 5.46. The molecule has 0 saturated heterocycles. The molecule has 4 nitrogen and oxygen atoms in total. The molecule has 0 atom stereocenters. The quantitative estimate of drug-likeness (QED) is 0.677. The molecule has 142 valence electrons. The van der Waals surface area contributed by atoms with Crippen molar-refractivity contribution in [3.05, 3.63) is 46.0 Å². The van der Waals surface area contributed by atoms with E-state index in [-0.39, 0.29) is 22.3 Å². The highest BCUT2D eigenvalue weighted by Gasteiger charge is 2.43. The number of aromatic nitrogens is 2. The zero-order chi connectivity index (χ0) is 19.9. The molecule has 0 saturated carbocycles. The Hall–Kier alpha value is -1.73. The number of hydrogen-bond donors (Lipinski definition) is 0. The number of rotatable bonds is 3. The molecule has 0 radical (unpaired) electrons. The van der Waals surface area contributed by atoms with Crippen molar-refractivity contribution in [1.29, 1.82) is 0 Å². The number of amides is 1. The summed E-state index contributed by atoms with van der Waals surface area (Å²) in [6.07, 6.45) is -3.88. The SMILES string of the molecule is CCN(C(=O)c1ncn(-c2cccc(Cl)c2Cl)c1C(F)(F)F)C(C)(C)C. The standard InChI is InChI=1S/C17H18Cl2F3N3O/c1-5-25(16(2,3)4)15(26)13-14(17(20,21)22)24(9-23-13)11-8-6-7-10(18)12(11)19/h6-9H,5H2,1-4H3. The van der Waals surface area contributed by atoms with Crippen LogP contribution in [0, 0.1) is 0 Å². The lowest BCUT2D eigenvalue weighted by atomic mass is 10.1. The lowest BCUT2D eigenvalue weighted by Gasteiger charge is -2.34. The van der Waals surface area contributed by atoms with Gasteiger partial charge >= 0.3 is 6.18 Å². The summed E-state index contributed by atoms with van der Waals surface area (Å²) < 4.78 is 42.1. The summed E-state index contributed by atoms with van der Waals surface area (Å²) in [6.45, 7) is 7.16. The van der Waals surface area contributed by atoms with E-state index in [1.165, 1.54) is 23.1 Å². The molecule has 0 aliphatic heterocycles. The zero-order valence-corrected chi connectivity index (χ0v) is 16.2. The van der Waals surface area contributed by atoms with Gasteiger partial charge in [-0.2, -0.15) is 13.2 Å². The van der Waals surface area contributed by atoms with Gasteiger partial charge in [-0.25, -0.2) is 4.98 Å². The Labute approximate surface area is 159 Å². The summed E-state index contributed by atoms with van der Waals surface area (Å²) in [4.78, 5) is 17.9. The number of hydrogen-bond acceptors (Lipinski definition) is 2. The van der Waals surface area contributed by atoms with E-state index in [0.717, 1.165) is 10.9 Å². The van der Waals surface area contributed by atoms with Gasteiger partial charge in [0.05, 0.1) is 15.7 Å². The number of nitrogens with zero attached hydrogens (tertiary/aromatic N) is 3. The highest BCUT2D eigenvalue weighted by Crippen LogP contribution is 2.37. The van der Waals surface area contributed by atoms with Gasteiger partial charge in [0, 0.05) is 12.1 Å². The minimum absolute atomic E-state index is 0.00292. The number of imidazole rings is 1. The van der Waals surface area contributed by atoms with Crippen LogP contribution in [0.1, 0.15) is 43.9 Å². The molecule has 1 aromatic carbocycles. The summed E-state index contributed by atoms with van der Waals surface area (Å²) in [6, 6.07) is 4.31. The Kier molecular flexibility index (Phi) is 5.63. The molecule has 0 unspecified atom stereocenters. The molecule has 1 aromatic heterocycles. The number of halogens is 5.